The Labute approximate surface area is 123 Å². The fourth-order valence-corrected chi connectivity index (χ4v) is 2.21. The van der Waals surface area contributed by atoms with E-state index in [2.05, 4.69) is 0 Å². The SMILES string of the molecule is COC(OC)(C(=O)c1ccc(Cl)cc1)c1ccccc1. The maximum Gasteiger partial charge on any atom is 0.260 e. The monoisotopic (exact) mass is 290 g/mol. The molecule has 0 saturated carbocycles. The number of halogens is 1. The van der Waals surface area contributed by atoms with Gasteiger partial charge < -0.3 is 9.47 Å². The van der Waals surface area contributed by atoms with Gasteiger partial charge in [-0.2, -0.15) is 0 Å². The quantitative estimate of drug-likeness (QED) is 0.622. The molecule has 0 unspecified atom stereocenters. The number of Topliss-reactive ketones (excluding diaryl/α,β-unsaturated/α-hetero) is 1. The summed E-state index contributed by atoms with van der Waals surface area (Å²) in [4.78, 5) is 12.7. The van der Waals surface area contributed by atoms with Crippen LogP contribution in [0, 0.1) is 0 Å². The van der Waals surface area contributed by atoms with E-state index in [1.807, 2.05) is 18.2 Å². The van der Waals surface area contributed by atoms with Crippen molar-refractivity contribution in [3.63, 3.8) is 0 Å². The van der Waals surface area contributed by atoms with Gasteiger partial charge in [-0.15, -0.1) is 0 Å². The first-order valence-electron chi connectivity index (χ1n) is 6.10. The standard InChI is InChI=1S/C16H15ClO3/c1-19-16(20-2,13-6-4-3-5-7-13)15(18)12-8-10-14(17)11-9-12/h3-11H,1-2H3. The average Bonchev–Trinajstić information content (AvgIpc) is 2.51. The summed E-state index contributed by atoms with van der Waals surface area (Å²) < 4.78 is 10.8. The summed E-state index contributed by atoms with van der Waals surface area (Å²) in [6.07, 6.45) is 0. The van der Waals surface area contributed by atoms with Crippen LogP contribution in [0.1, 0.15) is 15.9 Å². The first-order valence-corrected chi connectivity index (χ1v) is 6.48. The van der Waals surface area contributed by atoms with Crippen LogP contribution in [0.4, 0.5) is 0 Å². The highest BCUT2D eigenvalue weighted by Crippen LogP contribution is 2.30. The van der Waals surface area contributed by atoms with E-state index < -0.39 is 5.79 Å². The largest absolute Gasteiger partial charge is 0.343 e. The molecule has 2 rings (SSSR count). The third-order valence-electron chi connectivity index (χ3n) is 3.13. The Morgan fingerprint density at radius 3 is 2.00 bits per heavy atom. The third-order valence-corrected chi connectivity index (χ3v) is 3.39. The Morgan fingerprint density at radius 2 is 1.50 bits per heavy atom. The number of rotatable bonds is 5. The molecule has 0 heterocycles. The first-order chi connectivity index (χ1) is 9.64. The molecule has 0 N–H and O–H groups in total. The molecule has 0 aromatic heterocycles. The number of carbonyl (C=O) groups is 1. The molecule has 0 aliphatic carbocycles. The van der Waals surface area contributed by atoms with E-state index in [1.165, 1.54) is 14.2 Å². The minimum absolute atomic E-state index is 0.273. The molecular formula is C16H15ClO3. The maximum atomic E-state index is 12.7. The molecule has 0 atom stereocenters. The molecule has 0 saturated heterocycles. The van der Waals surface area contributed by atoms with Crippen LogP contribution in [0.3, 0.4) is 0 Å². The van der Waals surface area contributed by atoms with Crippen LogP contribution in [-0.2, 0) is 15.3 Å². The summed E-state index contributed by atoms with van der Waals surface area (Å²) in [6.45, 7) is 0. The lowest BCUT2D eigenvalue weighted by Gasteiger charge is -2.29. The van der Waals surface area contributed by atoms with Gasteiger partial charge in [-0.25, -0.2) is 0 Å². The second-order valence-electron chi connectivity index (χ2n) is 4.23. The highest BCUT2D eigenvalue weighted by molar-refractivity contribution is 6.30. The fourth-order valence-electron chi connectivity index (χ4n) is 2.08. The molecule has 0 aliphatic heterocycles. The number of ketones is 1. The van der Waals surface area contributed by atoms with Gasteiger partial charge in [0.2, 0.25) is 5.78 Å². The van der Waals surface area contributed by atoms with Gasteiger partial charge in [-0.1, -0.05) is 41.9 Å². The molecule has 0 bridgehead atoms. The van der Waals surface area contributed by atoms with Crippen molar-refractivity contribution in [3.8, 4) is 0 Å². The molecule has 0 aliphatic rings. The lowest BCUT2D eigenvalue weighted by Crippen LogP contribution is -2.39. The Hall–Kier alpha value is -1.68. The fraction of sp³-hybridized carbons (Fsp3) is 0.188. The zero-order valence-electron chi connectivity index (χ0n) is 11.3. The van der Waals surface area contributed by atoms with Crippen LogP contribution in [0.5, 0.6) is 0 Å². The Kier molecular flexibility index (Phi) is 4.55. The van der Waals surface area contributed by atoms with Crippen molar-refractivity contribution >= 4 is 17.4 Å². The smallest absolute Gasteiger partial charge is 0.260 e. The number of benzene rings is 2. The summed E-state index contributed by atoms with van der Waals surface area (Å²) in [5.74, 6) is -1.72. The highest BCUT2D eigenvalue weighted by atomic mass is 35.5. The topological polar surface area (TPSA) is 35.5 Å². The van der Waals surface area contributed by atoms with Crippen LogP contribution < -0.4 is 0 Å². The predicted octanol–water partition coefficient (Wildman–Crippen LogP) is 3.67. The van der Waals surface area contributed by atoms with E-state index >= 15 is 0 Å². The molecule has 4 heteroatoms. The van der Waals surface area contributed by atoms with E-state index in [4.69, 9.17) is 21.1 Å². The van der Waals surface area contributed by atoms with Gasteiger partial charge >= 0.3 is 0 Å². The summed E-state index contributed by atoms with van der Waals surface area (Å²) in [5.41, 5.74) is 1.12. The van der Waals surface area contributed by atoms with Gasteiger partial charge in [-0.3, -0.25) is 4.79 Å². The van der Waals surface area contributed by atoms with Gasteiger partial charge in [0.15, 0.2) is 0 Å². The van der Waals surface area contributed by atoms with Crippen LogP contribution in [-0.4, -0.2) is 20.0 Å². The van der Waals surface area contributed by atoms with E-state index in [0.717, 1.165) is 0 Å². The summed E-state index contributed by atoms with van der Waals surface area (Å²) in [5, 5.41) is 0.571. The minimum Gasteiger partial charge on any atom is -0.343 e. The Morgan fingerprint density at radius 1 is 0.950 bits per heavy atom. The van der Waals surface area contributed by atoms with Gasteiger partial charge in [0.1, 0.15) is 0 Å². The van der Waals surface area contributed by atoms with E-state index in [-0.39, 0.29) is 5.78 Å². The second-order valence-corrected chi connectivity index (χ2v) is 4.66. The first kappa shape index (κ1) is 14.7. The second kappa shape index (κ2) is 6.18. The normalized spacial score (nSPS) is 11.3. The van der Waals surface area contributed by atoms with Crippen molar-refractivity contribution < 1.29 is 14.3 Å². The van der Waals surface area contributed by atoms with Crippen molar-refractivity contribution in [1.82, 2.24) is 0 Å². The zero-order valence-corrected chi connectivity index (χ0v) is 12.1. The van der Waals surface area contributed by atoms with Gasteiger partial charge in [0.25, 0.3) is 5.79 Å². The van der Waals surface area contributed by atoms with Gasteiger partial charge in [0.05, 0.1) is 0 Å². The lowest BCUT2D eigenvalue weighted by atomic mass is 9.96. The highest BCUT2D eigenvalue weighted by Gasteiger charge is 2.41. The van der Waals surface area contributed by atoms with Crippen molar-refractivity contribution in [2.24, 2.45) is 0 Å². The van der Waals surface area contributed by atoms with Crippen molar-refractivity contribution in [2.45, 2.75) is 5.79 Å². The molecular weight excluding hydrogens is 276 g/mol. The zero-order chi connectivity index (χ0) is 14.6. The van der Waals surface area contributed by atoms with Crippen LogP contribution in [0.25, 0.3) is 0 Å². The van der Waals surface area contributed by atoms with Gasteiger partial charge in [0, 0.05) is 30.4 Å². The van der Waals surface area contributed by atoms with Crippen LogP contribution in [0.2, 0.25) is 5.02 Å². The molecule has 0 fully saturated rings. The molecule has 2 aromatic rings. The molecule has 104 valence electrons. The summed E-state index contributed by atoms with van der Waals surface area (Å²) in [7, 11) is 2.90. The minimum atomic E-state index is -1.45. The summed E-state index contributed by atoms with van der Waals surface area (Å²) >= 11 is 5.84. The lowest BCUT2D eigenvalue weighted by molar-refractivity contribution is -0.176. The molecule has 3 nitrogen and oxygen atoms in total. The van der Waals surface area contributed by atoms with Crippen LogP contribution >= 0.6 is 11.6 Å². The number of methoxy groups -OCH3 is 2. The predicted molar refractivity (Wildman–Crippen MR) is 77.9 cm³/mol. The Bertz CT molecular complexity index is 574. The molecule has 2 aromatic carbocycles. The van der Waals surface area contributed by atoms with Crippen molar-refractivity contribution in [2.75, 3.05) is 14.2 Å². The van der Waals surface area contributed by atoms with Gasteiger partial charge in [-0.05, 0) is 24.3 Å². The van der Waals surface area contributed by atoms with Crippen molar-refractivity contribution in [1.29, 1.82) is 0 Å². The van der Waals surface area contributed by atoms with E-state index in [1.54, 1.807) is 36.4 Å². The number of hydrogen-bond acceptors (Lipinski definition) is 3. The van der Waals surface area contributed by atoms with Crippen LogP contribution in [0.15, 0.2) is 54.6 Å². The number of ether oxygens (including phenoxy) is 2. The Balaban J connectivity index is 2.48. The van der Waals surface area contributed by atoms with E-state index in [9.17, 15) is 4.79 Å². The number of hydrogen-bond donors (Lipinski definition) is 0. The van der Waals surface area contributed by atoms with E-state index in [0.29, 0.717) is 16.1 Å². The average molecular weight is 291 g/mol. The molecule has 0 radical (unpaired) electrons. The molecule has 0 spiro atoms. The molecule has 20 heavy (non-hydrogen) atoms. The molecule has 0 amide bonds. The third kappa shape index (κ3) is 2.61. The van der Waals surface area contributed by atoms with Crippen molar-refractivity contribution in [3.05, 3.63) is 70.7 Å². The number of carbonyl (C=O) groups excluding carboxylic acids is 1. The maximum absolute atomic E-state index is 12.7. The summed E-state index contributed by atoms with van der Waals surface area (Å²) in [6, 6.07) is 15.7.